The van der Waals surface area contributed by atoms with Crippen LogP contribution in [-0.2, 0) is 10.0 Å². The summed E-state index contributed by atoms with van der Waals surface area (Å²) >= 11 is 0. The summed E-state index contributed by atoms with van der Waals surface area (Å²) in [4.78, 5) is 0. The van der Waals surface area contributed by atoms with E-state index in [4.69, 9.17) is 0 Å². The van der Waals surface area contributed by atoms with Gasteiger partial charge in [-0.25, -0.2) is 13.1 Å². The van der Waals surface area contributed by atoms with Gasteiger partial charge in [0.25, 0.3) is 0 Å². The third kappa shape index (κ3) is 6.55. The average molecular weight is 305 g/mol. The Labute approximate surface area is 125 Å². The first-order valence-electron chi connectivity index (χ1n) is 7.95. The summed E-state index contributed by atoms with van der Waals surface area (Å²) in [7, 11) is -3.09. The summed E-state index contributed by atoms with van der Waals surface area (Å²) in [5, 5.41) is 3.43. The lowest BCUT2D eigenvalue weighted by Crippen LogP contribution is -2.36. The Morgan fingerprint density at radius 3 is 2.40 bits per heavy atom. The zero-order valence-electron chi connectivity index (χ0n) is 13.5. The van der Waals surface area contributed by atoms with Crippen molar-refractivity contribution >= 4 is 10.0 Å². The van der Waals surface area contributed by atoms with E-state index in [1.807, 2.05) is 6.92 Å². The van der Waals surface area contributed by atoms with Crippen LogP contribution >= 0.6 is 0 Å². The number of rotatable bonds is 6. The maximum atomic E-state index is 11.6. The molecule has 0 saturated heterocycles. The second-order valence-electron chi connectivity index (χ2n) is 7.04. The Hall–Kier alpha value is -0.130. The van der Waals surface area contributed by atoms with Gasteiger partial charge in [0.2, 0.25) is 10.0 Å². The van der Waals surface area contributed by atoms with E-state index < -0.39 is 10.0 Å². The van der Waals surface area contributed by atoms with Crippen molar-refractivity contribution in [1.82, 2.24) is 10.0 Å². The summed E-state index contributed by atoms with van der Waals surface area (Å²) in [6.45, 7) is 9.82. The van der Waals surface area contributed by atoms with Gasteiger partial charge in [-0.15, -0.1) is 0 Å². The maximum Gasteiger partial charge on any atom is 0.212 e. The lowest BCUT2D eigenvalue weighted by atomic mass is 9.76. The van der Waals surface area contributed by atoms with Crippen LogP contribution in [0.25, 0.3) is 0 Å². The summed E-state index contributed by atoms with van der Waals surface area (Å²) in [5.41, 5.74) is 0.392. The van der Waals surface area contributed by atoms with Gasteiger partial charge in [0.1, 0.15) is 0 Å². The van der Waals surface area contributed by atoms with Crippen molar-refractivity contribution in [3.05, 3.63) is 0 Å². The molecule has 0 radical (unpaired) electrons. The highest BCUT2D eigenvalue weighted by Gasteiger charge is 2.27. The van der Waals surface area contributed by atoms with Crippen LogP contribution in [-0.4, -0.2) is 33.3 Å². The largest absolute Gasteiger partial charge is 0.313 e. The Morgan fingerprint density at radius 2 is 1.80 bits per heavy atom. The topological polar surface area (TPSA) is 58.2 Å². The van der Waals surface area contributed by atoms with Crippen LogP contribution in [0.15, 0.2) is 0 Å². The second-order valence-corrected chi connectivity index (χ2v) is 8.97. The van der Waals surface area contributed by atoms with E-state index >= 15 is 0 Å². The zero-order valence-corrected chi connectivity index (χ0v) is 14.4. The van der Waals surface area contributed by atoms with Gasteiger partial charge >= 0.3 is 0 Å². The number of nitrogens with one attached hydrogen (secondary N) is 2. The summed E-state index contributed by atoms with van der Waals surface area (Å²) in [6, 6.07) is 0.485. The molecular formula is C15H32N2O2S. The van der Waals surface area contributed by atoms with Crippen LogP contribution in [0.2, 0.25) is 0 Å². The van der Waals surface area contributed by atoms with Crippen molar-refractivity contribution in [2.24, 2.45) is 11.3 Å². The van der Waals surface area contributed by atoms with E-state index in [1.165, 1.54) is 32.1 Å². The highest BCUT2D eigenvalue weighted by molar-refractivity contribution is 7.89. The molecule has 2 unspecified atom stereocenters. The van der Waals surface area contributed by atoms with Crippen LogP contribution in [0.5, 0.6) is 0 Å². The summed E-state index contributed by atoms with van der Waals surface area (Å²) in [5.74, 6) is 0.972. The van der Waals surface area contributed by atoms with Crippen LogP contribution < -0.4 is 10.0 Å². The zero-order chi connectivity index (χ0) is 15.2. The molecule has 1 rings (SSSR count). The molecule has 120 valence electrons. The maximum absolute atomic E-state index is 11.6. The molecule has 1 aliphatic carbocycles. The molecule has 1 aliphatic rings. The van der Waals surface area contributed by atoms with Crippen LogP contribution in [0.3, 0.4) is 0 Å². The fourth-order valence-corrected chi connectivity index (χ4v) is 4.03. The van der Waals surface area contributed by atoms with Crippen molar-refractivity contribution in [3.8, 4) is 0 Å². The minimum atomic E-state index is -3.09. The molecule has 0 aromatic carbocycles. The molecule has 1 saturated carbocycles. The van der Waals surface area contributed by atoms with Crippen molar-refractivity contribution in [3.63, 3.8) is 0 Å². The Kier molecular flexibility index (Phi) is 6.95. The van der Waals surface area contributed by atoms with E-state index in [1.54, 1.807) is 0 Å². The fraction of sp³-hybridized carbons (Fsp3) is 1.00. The highest BCUT2D eigenvalue weighted by atomic mass is 32.2. The minimum Gasteiger partial charge on any atom is -0.313 e. The highest BCUT2D eigenvalue weighted by Crippen LogP contribution is 2.36. The molecule has 4 nitrogen and oxygen atoms in total. The standard InChI is InChI=1S/C15H32N2O2S/c1-5-17-20(18,19)12-11-16-14-8-6-7-13(9-10-14)15(2,3)4/h13-14,16-17H,5-12H2,1-4H3. The molecule has 1 fully saturated rings. The molecule has 2 atom stereocenters. The van der Waals surface area contributed by atoms with Crippen molar-refractivity contribution in [2.75, 3.05) is 18.8 Å². The Bertz CT molecular complexity index is 374. The average Bonchev–Trinajstić information content (AvgIpc) is 2.53. The molecule has 0 spiro atoms. The smallest absolute Gasteiger partial charge is 0.212 e. The van der Waals surface area contributed by atoms with Crippen molar-refractivity contribution in [1.29, 1.82) is 0 Å². The third-order valence-corrected chi connectivity index (χ3v) is 5.83. The van der Waals surface area contributed by atoms with E-state index in [9.17, 15) is 8.42 Å². The Morgan fingerprint density at radius 1 is 1.10 bits per heavy atom. The first-order chi connectivity index (χ1) is 9.24. The molecule has 20 heavy (non-hydrogen) atoms. The molecule has 5 heteroatoms. The minimum absolute atomic E-state index is 0.181. The molecule has 0 aliphatic heterocycles. The number of sulfonamides is 1. The van der Waals surface area contributed by atoms with Crippen LogP contribution in [0.4, 0.5) is 0 Å². The lowest BCUT2D eigenvalue weighted by molar-refractivity contribution is 0.213. The fourth-order valence-electron chi connectivity index (χ4n) is 3.06. The normalized spacial score (nSPS) is 25.4. The van der Waals surface area contributed by atoms with E-state index in [0.717, 1.165) is 5.92 Å². The SMILES string of the molecule is CCNS(=O)(=O)CCNC1CCCC(C(C)(C)C)CC1. The van der Waals surface area contributed by atoms with Gasteiger partial charge in [-0.3, -0.25) is 0 Å². The third-order valence-electron chi connectivity index (χ3n) is 4.36. The van der Waals surface area contributed by atoms with Gasteiger partial charge in [0.15, 0.2) is 0 Å². The van der Waals surface area contributed by atoms with Crippen molar-refractivity contribution < 1.29 is 8.42 Å². The number of hydrogen-bond acceptors (Lipinski definition) is 3. The number of hydrogen-bond donors (Lipinski definition) is 2. The molecule has 0 bridgehead atoms. The van der Waals surface area contributed by atoms with Crippen molar-refractivity contribution in [2.45, 2.75) is 65.8 Å². The molecule has 0 amide bonds. The van der Waals surface area contributed by atoms with Gasteiger partial charge in [0, 0.05) is 19.1 Å². The lowest BCUT2D eigenvalue weighted by Gasteiger charge is -2.29. The van der Waals surface area contributed by atoms with E-state index in [2.05, 4.69) is 30.8 Å². The molecular weight excluding hydrogens is 272 g/mol. The van der Waals surface area contributed by atoms with Gasteiger partial charge in [-0.1, -0.05) is 34.1 Å². The van der Waals surface area contributed by atoms with Crippen LogP contribution in [0, 0.1) is 11.3 Å². The predicted molar refractivity (Wildman–Crippen MR) is 85.3 cm³/mol. The molecule has 0 heterocycles. The van der Waals surface area contributed by atoms with Gasteiger partial charge in [-0.05, 0) is 37.0 Å². The quantitative estimate of drug-likeness (QED) is 0.741. The van der Waals surface area contributed by atoms with Gasteiger partial charge < -0.3 is 5.32 Å². The Balaban J connectivity index is 2.33. The summed E-state index contributed by atoms with van der Waals surface area (Å²) < 4.78 is 25.7. The first kappa shape index (κ1) is 17.9. The predicted octanol–water partition coefficient (Wildman–Crippen LogP) is 2.51. The summed E-state index contributed by atoms with van der Waals surface area (Å²) in [6.07, 6.45) is 6.15. The monoisotopic (exact) mass is 304 g/mol. The van der Waals surface area contributed by atoms with E-state index in [-0.39, 0.29) is 5.75 Å². The van der Waals surface area contributed by atoms with E-state index in [0.29, 0.717) is 24.5 Å². The van der Waals surface area contributed by atoms with Crippen LogP contribution in [0.1, 0.15) is 59.8 Å². The molecule has 2 N–H and O–H groups in total. The van der Waals surface area contributed by atoms with Gasteiger partial charge in [0.05, 0.1) is 5.75 Å². The first-order valence-corrected chi connectivity index (χ1v) is 9.60. The molecule has 0 aromatic heterocycles. The molecule has 0 aromatic rings. The second kappa shape index (κ2) is 7.76. The van der Waals surface area contributed by atoms with Gasteiger partial charge in [-0.2, -0.15) is 0 Å².